The third-order valence-corrected chi connectivity index (χ3v) is 2.99. The third-order valence-electron chi connectivity index (χ3n) is 1.48. The van der Waals surface area contributed by atoms with Gasteiger partial charge < -0.3 is 0 Å². The molecule has 2 rings (SSSR count). The summed E-state index contributed by atoms with van der Waals surface area (Å²) in [5, 5.41) is 4.02. The lowest BCUT2D eigenvalue weighted by Crippen LogP contribution is -1.62. The van der Waals surface area contributed by atoms with E-state index in [0.29, 0.717) is 0 Å². The summed E-state index contributed by atoms with van der Waals surface area (Å²) in [4.78, 5) is 0. The molecule has 68 valence electrons. The van der Waals surface area contributed by atoms with E-state index in [0.717, 1.165) is 0 Å². The van der Waals surface area contributed by atoms with E-state index < -0.39 is 0 Å². The highest BCUT2D eigenvalue weighted by atomic mass is 32.8. The average Bonchev–Trinajstić information content (AvgIpc) is 2.58. The molecule has 0 radical (unpaired) electrons. The van der Waals surface area contributed by atoms with Gasteiger partial charge >= 0.3 is 0 Å². The van der Waals surface area contributed by atoms with Crippen LogP contribution in [-0.2, 0) is 20.6 Å². The van der Waals surface area contributed by atoms with Gasteiger partial charge in [-0.05, 0) is 28.9 Å². The summed E-state index contributed by atoms with van der Waals surface area (Å²) in [6, 6.07) is 10.3. The van der Waals surface area contributed by atoms with Crippen LogP contribution in [0.4, 0.5) is 0 Å². The Morgan fingerprint density at radius 3 is 1.77 bits per heavy atom. The molecule has 0 nitrogen and oxygen atoms in total. The monoisotopic (exact) mass is 208 g/mol. The van der Waals surface area contributed by atoms with Crippen LogP contribution < -0.4 is 0 Å². The molecule has 0 amide bonds. The van der Waals surface area contributed by atoms with Crippen LogP contribution in [0.5, 0.6) is 0 Å². The van der Waals surface area contributed by atoms with E-state index in [-0.39, 0.29) is 9.45 Å². The van der Waals surface area contributed by atoms with Crippen LogP contribution in [0.3, 0.4) is 0 Å². The first-order valence-corrected chi connectivity index (χ1v) is 6.32. The molecule has 1 heterocycles. The molecule has 1 aliphatic rings. The quantitative estimate of drug-likeness (QED) is 0.631. The van der Waals surface area contributed by atoms with Crippen molar-refractivity contribution in [2.75, 3.05) is 0 Å². The van der Waals surface area contributed by atoms with Gasteiger partial charge in [0.2, 0.25) is 0 Å². The van der Waals surface area contributed by atoms with Gasteiger partial charge in [-0.2, -0.15) is 0 Å². The fourth-order valence-electron chi connectivity index (χ4n) is 0.825. The Kier molecular flexibility index (Phi) is 4.65. The minimum Gasteiger partial charge on any atom is -0.0733 e. The molecule has 0 saturated carbocycles. The van der Waals surface area contributed by atoms with Crippen molar-refractivity contribution in [1.82, 2.24) is 0 Å². The van der Waals surface area contributed by atoms with Gasteiger partial charge in [-0.25, -0.2) is 0 Å². The molecule has 0 saturated heterocycles. The van der Waals surface area contributed by atoms with Crippen molar-refractivity contribution in [3.63, 3.8) is 0 Å². The molecule has 0 N–H and O–H groups in total. The Morgan fingerprint density at radius 2 is 1.54 bits per heavy atom. The maximum absolute atomic E-state index is 4.86. The van der Waals surface area contributed by atoms with Gasteiger partial charge in [0.25, 0.3) is 0 Å². The van der Waals surface area contributed by atoms with Crippen LogP contribution in [0, 0.1) is 6.92 Å². The second-order valence-electron chi connectivity index (χ2n) is 2.64. The van der Waals surface area contributed by atoms with E-state index in [4.69, 9.17) is 11.2 Å². The molecule has 0 spiro atoms. The lowest BCUT2D eigenvalue weighted by atomic mass is 10.2. The first-order chi connectivity index (χ1) is 6.29. The Hall–Kier alpha value is -0.730. The van der Waals surface area contributed by atoms with Crippen molar-refractivity contribution < 1.29 is 0 Å². The fourth-order valence-corrected chi connectivity index (χ4v) is 1.79. The number of benzene rings is 1. The van der Waals surface area contributed by atoms with Gasteiger partial charge in [-0.15, -0.1) is 0 Å². The maximum atomic E-state index is 4.86. The lowest BCUT2D eigenvalue weighted by molar-refractivity contribution is 1.48. The van der Waals surface area contributed by atoms with E-state index >= 15 is 0 Å². The number of hydrogen-bond acceptors (Lipinski definition) is 1. The summed E-state index contributed by atoms with van der Waals surface area (Å²) in [6.07, 6.45) is 3.96. The topological polar surface area (TPSA) is 0 Å². The predicted octanol–water partition coefficient (Wildman–Crippen LogP) is 3.10. The largest absolute Gasteiger partial charge is 0.0733 e. The molecule has 0 bridgehead atoms. The smallest absolute Gasteiger partial charge is 0.0205 e. The Labute approximate surface area is 86.6 Å². The number of rotatable bonds is 0. The van der Waals surface area contributed by atoms with Gasteiger partial charge in [0.05, 0.1) is 0 Å². The van der Waals surface area contributed by atoms with Crippen LogP contribution in [0.2, 0.25) is 0 Å². The molecular weight excluding hydrogens is 196 g/mol. The van der Waals surface area contributed by atoms with Crippen LogP contribution >= 0.6 is 0 Å². The van der Waals surface area contributed by atoms with Crippen molar-refractivity contribution in [3.8, 4) is 0 Å². The zero-order valence-electron chi connectivity index (χ0n) is 7.51. The molecule has 1 aromatic rings. The predicted molar refractivity (Wildman–Crippen MR) is 64.2 cm³/mol. The molecule has 0 aromatic heterocycles. The van der Waals surface area contributed by atoms with E-state index in [1.165, 1.54) is 5.56 Å². The Bertz CT molecular complexity index is 309. The summed E-state index contributed by atoms with van der Waals surface area (Å²) < 4.78 is 0. The van der Waals surface area contributed by atoms with Gasteiger partial charge in [0.15, 0.2) is 0 Å². The summed E-state index contributed by atoms with van der Waals surface area (Å²) in [6.45, 7) is 2.08. The van der Waals surface area contributed by atoms with E-state index in [1.807, 2.05) is 41.2 Å². The van der Waals surface area contributed by atoms with Gasteiger partial charge in [-0.3, -0.25) is 0 Å². The zero-order valence-corrected chi connectivity index (χ0v) is 9.15. The van der Waals surface area contributed by atoms with Crippen molar-refractivity contribution >= 4 is 20.6 Å². The Balaban J connectivity index is 0.000000132. The highest BCUT2D eigenvalue weighted by molar-refractivity contribution is 8.32. The van der Waals surface area contributed by atoms with Crippen LogP contribution in [0.1, 0.15) is 5.56 Å². The summed E-state index contributed by atoms with van der Waals surface area (Å²) in [7, 11) is 0.0494. The molecule has 13 heavy (non-hydrogen) atoms. The van der Waals surface area contributed by atoms with Crippen molar-refractivity contribution in [1.29, 1.82) is 0 Å². The van der Waals surface area contributed by atoms with Crippen LogP contribution in [0.15, 0.2) is 53.3 Å². The molecular formula is C11H12S2. The minimum atomic E-state index is 0.0494. The molecule has 1 aromatic carbocycles. The zero-order chi connectivity index (χ0) is 9.52. The molecule has 0 aliphatic carbocycles. The molecule has 2 heteroatoms. The van der Waals surface area contributed by atoms with E-state index in [2.05, 4.69) is 19.1 Å². The lowest BCUT2D eigenvalue weighted by Gasteiger charge is -1.82. The highest BCUT2D eigenvalue weighted by Gasteiger charge is 1.81. The second kappa shape index (κ2) is 5.84. The van der Waals surface area contributed by atoms with Crippen LogP contribution in [-0.4, -0.2) is 0 Å². The number of allylic oxidation sites excluding steroid dienone is 2. The summed E-state index contributed by atoms with van der Waals surface area (Å²) >= 11 is 4.86. The average molecular weight is 208 g/mol. The van der Waals surface area contributed by atoms with Gasteiger partial charge in [0, 0.05) is 0 Å². The third kappa shape index (κ3) is 4.76. The minimum absolute atomic E-state index is 0.0494. The van der Waals surface area contributed by atoms with Crippen LogP contribution in [0.25, 0.3) is 0 Å². The normalized spacial score (nSPS) is 13.9. The molecule has 0 unspecified atom stereocenters. The SMILES string of the molecule is Cc1ccccc1.S=S1C=CC=C1. The highest BCUT2D eigenvalue weighted by Crippen LogP contribution is 1.96. The standard InChI is InChI=1S/C7H8.C4H4S2/c1-7-5-3-2-4-6-7;5-6-3-1-2-4-6/h2-6H,1H3;1-4H. The molecule has 0 fully saturated rings. The second-order valence-corrected chi connectivity index (χ2v) is 5.00. The van der Waals surface area contributed by atoms with Gasteiger partial charge in [0.1, 0.15) is 0 Å². The molecule has 1 aliphatic heterocycles. The molecule has 0 atom stereocenters. The van der Waals surface area contributed by atoms with Gasteiger partial charge in [-0.1, -0.05) is 57.5 Å². The first kappa shape index (κ1) is 10.4. The first-order valence-electron chi connectivity index (χ1n) is 4.05. The van der Waals surface area contributed by atoms with E-state index in [1.54, 1.807) is 0 Å². The maximum Gasteiger partial charge on any atom is -0.0205 e. The van der Waals surface area contributed by atoms with Crippen molar-refractivity contribution in [2.24, 2.45) is 0 Å². The summed E-state index contributed by atoms with van der Waals surface area (Å²) in [5.74, 6) is 0. The number of hydrogen-bond donors (Lipinski definition) is 0. The summed E-state index contributed by atoms with van der Waals surface area (Å²) in [5.41, 5.74) is 1.32. The Morgan fingerprint density at radius 1 is 1.00 bits per heavy atom. The van der Waals surface area contributed by atoms with Crippen molar-refractivity contribution in [3.05, 3.63) is 58.9 Å². The number of aryl methyl sites for hydroxylation is 1. The van der Waals surface area contributed by atoms with E-state index in [9.17, 15) is 0 Å². The fraction of sp³-hybridized carbons (Fsp3) is 0.0909. The van der Waals surface area contributed by atoms with Crippen molar-refractivity contribution in [2.45, 2.75) is 6.92 Å².